The van der Waals surface area contributed by atoms with Crippen LogP contribution in [0, 0.1) is 0 Å². The van der Waals surface area contributed by atoms with E-state index < -0.39 is 0 Å². The van der Waals surface area contributed by atoms with Crippen LogP contribution in [0.5, 0.6) is 0 Å². The van der Waals surface area contributed by atoms with Gasteiger partial charge in [0.25, 0.3) is 0 Å². The predicted octanol–water partition coefficient (Wildman–Crippen LogP) is 3.00. The van der Waals surface area contributed by atoms with Gasteiger partial charge in [-0.1, -0.05) is 19.9 Å². The highest BCUT2D eigenvalue weighted by molar-refractivity contribution is 7.99. The Kier molecular flexibility index (Phi) is 7.13. The summed E-state index contributed by atoms with van der Waals surface area (Å²) in [4.78, 5) is 0. The zero-order chi connectivity index (χ0) is 7.82. The molecule has 0 unspecified atom stereocenters. The highest BCUT2D eigenvalue weighted by Gasteiger charge is 1.87. The molecule has 0 fully saturated rings. The number of hydrogen-bond donors (Lipinski definition) is 1. The molecule has 0 atom stereocenters. The lowest BCUT2D eigenvalue weighted by Gasteiger charge is -1.88. The Morgan fingerprint density at radius 1 is 1.50 bits per heavy atom. The van der Waals surface area contributed by atoms with Crippen LogP contribution < -0.4 is 4.72 Å². The molecule has 0 bridgehead atoms. The second kappa shape index (κ2) is 7.12. The molecule has 0 saturated carbocycles. The van der Waals surface area contributed by atoms with Gasteiger partial charge in [0.1, 0.15) is 0 Å². The van der Waals surface area contributed by atoms with Crippen molar-refractivity contribution >= 4 is 23.3 Å². The summed E-state index contributed by atoms with van der Waals surface area (Å²) in [6, 6.07) is 4.14. The molecule has 0 aromatic carbocycles. The lowest BCUT2D eigenvalue weighted by atomic mass is 10.7. The molecule has 0 aliphatic heterocycles. The maximum atomic E-state index is 3.00. The Hall–Kier alpha value is 0.01000. The van der Waals surface area contributed by atoms with Gasteiger partial charge in [0.05, 0.1) is 4.21 Å². The number of hydrogen-bond acceptors (Lipinski definition) is 3. The molecule has 0 amide bonds. The molecule has 10 heavy (non-hydrogen) atoms. The van der Waals surface area contributed by atoms with Crippen LogP contribution in [0.25, 0.3) is 0 Å². The summed E-state index contributed by atoms with van der Waals surface area (Å²) in [5.74, 6) is 0. The van der Waals surface area contributed by atoms with Crippen LogP contribution >= 0.6 is 23.3 Å². The lowest BCUT2D eigenvalue weighted by Crippen LogP contribution is -1.87. The quantitative estimate of drug-likeness (QED) is 0.693. The summed E-state index contributed by atoms with van der Waals surface area (Å²) in [6.07, 6.45) is 0. The third-order valence-corrected chi connectivity index (χ3v) is 2.44. The molecule has 1 aromatic heterocycles. The van der Waals surface area contributed by atoms with E-state index in [0.29, 0.717) is 0 Å². The summed E-state index contributed by atoms with van der Waals surface area (Å²) in [6.45, 7) is 4.00. The molecule has 1 rings (SSSR count). The first-order valence-corrected chi connectivity index (χ1v) is 5.00. The maximum Gasteiger partial charge on any atom is 0.0751 e. The van der Waals surface area contributed by atoms with E-state index >= 15 is 0 Å². The van der Waals surface area contributed by atoms with E-state index in [1.165, 1.54) is 4.21 Å². The van der Waals surface area contributed by atoms with Crippen molar-refractivity contribution in [2.45, 2.75) is 18.1 Å². The second-order valence-corrected chi connectivity index (χ2v) is 3.50. The third-order valence-electron chi connectivity index (χ3n) is 0.698. The second-order valence-electron chi connectivity index (χ2n) is 1.24. The molecule has 0 aliphatic rings. The minimum Gasteiger partial charge on any atom is -0.262 e. The Labute approximate surface area is 71.0 Å². The minimum absolute atomic E-state index is 1.31. The average molecular weight is 175 g/mol. The molecule has 58 valence electrons. The fourth-order valence-electron chi connectivity index (χ4n) is 0.422. The molecule has 1 nitrogen and oxygen atoms in total. The van der Waals surface area contributed by atoms with E-state index in [1.54, 1.807) is 23.3 Å². The van der Waals surface area contributed by atoms with Gasteiger partial charge in [0.2, 0.25) is 0 Å². The van der Waals surface area contributed by atoms with Crippen LogP contribution in [0.1, 0.15) is 13.8 Å². The van der Waals surface area contributed by atoms with Crippen LogP contribution in [0.3, 0.4) is 0 Å². The molecule has 1 heterocycles. The Bertz CT molecular complexity index is 137. The molecule has 3 heteroatoms. The zero-order valence-electron chi connectivity index (χ0n) is 6.55. The molecule has 0 saturated heterocycles. The van der Waals surface area contributed by atoms with Crippen molar-refractivity contribution in [2.24, 2.45) is 0 Å². The van der Waals surface area contributed by atoms with Crippen molar-refractivity contribution in [1.82, 2.24) is 4.72 Å². The summed E-state index contributed by atoms with van der Waals surface area (Å²) >= 11 is 3.40. The maximum absolute atomic E-state index is 3.00. The van der Waals surface area contributed by atoms with E-state index in [0.717, 1.165) is 0 Å². The number of thiophene rings is 1. The fourth-order valence-corrected chi connectivity index (χ4v) is 1.83. The number of rotatable bonds is 2. The van der Waals surface area contributed by atoms with Crippen LogP contribution in [-0.4, -0.2) is 7.05 Å². The molecular weight excluding hydrogens is 162 g/mol. The summed E-state index contributed by atoms with van der Waals surface area (Å²) in [5, 5.41) is 2.07. The normalized spacial score (nSPS) is 8.30. The van der Waals surface area contributed by atoms with Gasteiger partial charge in [-0.3, -0.25) is 4.72 Å². The predicted molar refractivity (Wildman–Crippen MR) is 50.6 cm³/mol. The minimum atomic E-state index is 1.31. The van der Waals surface area contributed by atoms with Gasteiger partial charge in [0, 0.05) is 0 Å². The van der Waals surface area contributed by atoms with Gasteiger partial charge in [-0.05, 0) is 30.4 Å². The van der Waals surface area contributed by atoms with Gasteiger partial charge >= 0.3 is 0 Å². The molecule has 0 radical (unpaired) electrons. The van der Waals surface area contributed by atoms with Crippen LogP contribution in [0.4, 0.5) is 0 Å². The third kappa shape index (κ3) is 3.93. The fraction of sp³-hybridized carbons (Fsp3) is 0.429. The van der Waals surface area contributed by atoms with Crippen molar-refractivity contribution in [2.75, 3.05) is 7.05 Å². The Morgan fingerprint density at radius 2 is 2.20 bits per heavy atom. The van der Waals surface area contributed by atoms with Crippen LogP contribution in [-0.2, 0) is 0 Å². The Balaban J connectivity index is 0.000000371. The average Bonchev–Trinajstić information content (AvgIpc) is 2.46. The van der Waals surface area contributed by atoms with Crippen molar-refractivity contribution in [3.63, 3.8) is 0 Å². The Morgan fingerprint density at radius 3 is 2.60 bits per heavy atom. The van der Waals surface area contributed by atoms with Gasteiger partial charge < -0.3 is 0 Å². The van der Waals surface area contributed by atoms with E-state index in [1.807, 2.05) is 27.0 Å². The summed E-state index contributed by atoms with van der Waals surface area (Å²) < 4.78 is 4.31. The lowest BCUT2D eigenvalue weighted by molar-refractivity contribution is 1.29. The van der Waals surface area contributed by atoms with Crippen molar-refractivity contribution in [1.29, 1.82) is 0 Å². The molecule has 1 aromatic rings. The molecule has 0 spiro atoms. The van der Waals surface area contributed by atoms with Crippen LogP contribution in [0.2, 0.25) is 0 Å². The summed E-state index contributed by atoms with van der Waals surface area (Å²) in [7, 11) is 1.92. The standard InChI is InChI=1S/C5H7NS2.C2H6/c1-6-8-5-3-2-4-7-5;1-2/h2-4,6H,1H3;1-2H3. The largest absolute Gasteiger partial charge is 0.262 e. The highest BCUT2D eigenvalue weighted by atomic mass is 32.2. The SMILES string of the molecule is CC.CNSc1cccs1. The number of nitrogens with one attached hydrogen (secondary N) is 1. The van der Waals surface area contributed by atoms with Gasteiger partial charge in [0.15, 0.2) is 0 Å². The summed E-state index contributed by atoms with van der Waals surface area (Å²) in [5.41, 5.74) is 0. The smallest absolute Gasteiger partial charge is 0.0751 e. The first-order chi connectivity index (χ1) is 4.93. The zero-order valence-corrected chi connectivity index (χ0v) is 8.18. The first kappa shape index (κ1) is 10.0. The van der Waals surface area contributed by atoms with Gasteiger partial charge in [-0.25, -0.2) is 0 Å². The van der Waals surface area contributed by atoms with E-state index in [9.17, 15) is 0 Å². The first-order valence-electron chi connectivity index (χ1n) is 3.30. The van der Waals surface area contributed by atoms with Gasteiger partial charge in [-0.2, -0.15) is 0 Å². The van der Waals surface area contributed by atoms with Crippen molar-refractivity contribution < 1.29 is 0 Å². The monoisotopic (exact) mass is 175 g/mol. The van der Waals surface area contributed by atoms with E-state index in [2.05, 4.69) is 16.2 Å². The highest BCUT2D eigenvalue weighted by Crippen LogP contribution is 2.19. The van der Waals surface area contributed by atoms with Gasteiger partial charge in [-0.15, -0.1) is 11.3 Å². The molecule has 1 N–H and O–H groups in total. The van der Waals surface area contributed by atoms with Crippen LogP contribution in [0.15, 0.2) is 21.7 Å². The van der Waals surface area contributed by atoms with Crippen molar-refractivity contribution in [3.05, 3.63) is 17.5 Å². The topological polar surface area (TPSA) is 12.0 Å². The van der Waals surface area contributed by atoms with E-state index in [4.69, 9.17) is 0 Å². The van der Waals surface area contributed by atoms with E-state index in [-0.39, 0.29) is 0 Å². The molecule has 0 aliphatic carbocycles. The van der Waals surface area contributed by atoms with Crippen molar-refractivity contribution in [3.8, 4) is 0 Å². The molecular formula is C7H13NS2.